The van der Waals surface area contributed by atoms with Crippen molar-refractivity contribution in [1.29, 1.82) is 0 Å². The molecule has 0 rings (SSSR count). The van der Waals surface area contributed by atoms with E-state index in [1.54, 1.807) is 6.92 Å². The van der Waals surface area contributed by atoms with Gasteiger partial charge < -0.3 is 4.74 Å². The highest BCUT2D eigenvalue weighted by Gasteiger charge is 2.23. The Kier molecular flexibility index (Phi) is 9.01. The van der Waals surface area contributed by atoms with E-state index in [0.717, 1.165) is 31.7 Å². The van der Waals surface area contributed by atoms with Crippen molar-refractivity contribution < 1.29 is 9.53 Å². The monoisotopic (exact) mass is 294 g/mol. The Bertz CT molecular complexity index is 255. The van der Waals surface area contributed by atoms with Gasteiger partial charge in [0.15, 0.2) is 0 Å². The van der Waals surface area contributed by atoms with Gasteiger partial charge in [-0.05, 0) is 19.8 Å². The van der Waals surface area contributed by atoms with E-state index >= 15 is 0 Å². The molecule has 0 unspecified atom stereocenters. The van der Waals surface area contributed by atoms with Crippen molar-refractivity contribution in [2.75, 3.05) is 6.61 Å². The molecule has 0 aromatic rings. The molecule has 0 aromatic carbocycles. The van der Waals surface area contributed by atoms with Crippen LogP contribution in [0.15, 0.2) is 12.2 Å². The Labute approximate surface area is 117 Å². The minimum atomic E-state index is -0.603. The summed E-state index contributed by atoms with van der Waals surface area (Å²) in [4.78, 5) is 11.1. The van der Waals surface area contributed by atoms with Crippen LogP contribution >= 0.6 is 23.2 Å². The van der Waals surface area contributed by atoms with E-state index in [9.17, 15) is 4.79 Å². The maximum absolute atomic E-state index is 11.1. The molecule has 0 aliphatic rings. The third-order valence-corrected chi connectivity index (χ3v) is 4.68. The number of ether oxygens (including phenoxy) is 1. The van der Waals surface area contributed by atoms with Gasteiger partial charge in [0.2, 0.25) is 0 Å². The molecule has 2 radical (unpaired) electrons. The summed E-state index contributed by atoms with van der Waals surface area (Å²) in [5, 5.41) is 0. The smallest absolute Gasteiger partial charge is 0.333 e. The molecule has 0 aliphatic heterocycles. The van der Waals surface area contributed by atoms with Crippen LogP contribution in [0.5, 0.6) is 0 Å². The molecule has 0 spiro atoms. The lowest BCUT2D eigenvalue weighted by atomic mass is 10.3. The predicted molar refractivity (Wildman–Crippen MR) is 74.9 cm³/mol. The largest absolute Gasteiger partial charge is 0.462 e. The molecule has 0 aliphatic carbocycles. The van der Waals surface area contributed by atoms with Crippen LogP contribution in [0, 0.1) is 0 Å². The van der Waals surface area contributed by atoms with Crippen LogP contribution in [0.25, 0.3) is 0 Å². The zero-order valence-corrected chi connectivity index (χ0v) is 13.0. The first-order chi connectivity index (χ1) is 7.89. The molecule has 17 heavy (non-hydrogen) atoms. The van der Waals surface area contributed by atoms with E-state index < -0.39 is 3.96 Å². The lowest BCUT2D eigenvalue weighted by Crippen LogP contribution is -2.22. The average Bonchev–Trinajstić information content (AvgIpc) is 2.25. The van der Waals surface area contributed by atoms with E-state index in [1.807, 2.05) is 0 Å². The molecule has 0 saturated carbocycles. The van der Waals surface area contributed by atoms with E-state index in [2.05, 4.69) is 13.5 Å². The number of halogens is 2. The van der Waals surface area contributed by atoms with Gasteiger partial charge in [-0.3, -0.25) is 0 Å². The third kappa shape index (κ3) is 9.69. The summed E-state index contributed by atoms with van der Waals surface area (Å²) in [6.07, 6.45) is 3.77. The molecule has 5 heteroatoms. The van der Waals surface area contributed by atoms with Crippen molar-refractivity contribution in [3.05, 3.63) is 12.2 Å². The fourth-order valence-electron chi connectivity index (χ4n) is 1.12. The van der Waals surface area contributed by atoms with Gasteiger partial charge >= 0.3 is 5.97 Å². The molecule has 0 heterocycles. The standard InChI is InChI=1S/C12H20Cl2O2Si/c1-4-5-7-12(13,14)17-9-6-8-16-11(15)10(2)3/h2,4-9H2,1,3H3. The summed E-state index contributed by atoms with van der Waals surface area (Å²) in [7, 11) is 0.484. The number of rotatable bonds is 9. The summed E-state index contributed by atoms with van der Waals surface area (Å²) >= 11 is 12.3. The Balaban J connectivity index is 3.57. The quantitative estimate of drug-likeness (QED) is 0.212. The second-order valence-electron chi connectivity index (χ2n) is 4.00. The zero-order valence-electron chi connectivity index (χ0n) is 10.5. The van der Waals surface area contributed by atoms with Crippen LogP contribution in [0.1, 0.15) is 39.5 Å². The van der Waals surface area contributed by atoms with Crippen LogP contribution in [-0.4, -0.2) is 26.1 Å². The van der Waals surface area contributed by atoms with Crippen molar-refractivity contribution in [1.82, 2.24) is 0 Å². The molecule has 0 bridgehead atoms. The molecular weight excluding hydrogens is 275 g/mol. The van der Waals surface area contributed by atoms with Crippen molar-refractivity contribution in [2.24, 2.45) is 0 Å². The molecule has 0 fully saturated rings. The second-order valence-corrected chi connectivity index (χ2v) is 7.83. The molecule has 2 nitrogen and oxygen atoms in total. The van der Waals surface area contributed by atoms with Gasteiger partial charge in [0.1, 0.15) is 3.96 Å². The second kappa shape index (κ2) is 9.01. The topological polar surface area (TPSA) is 26.3 Å². The maximum Gasteiger partial charge on any atom is 0.333 e. The highest BCUT2D eigenvalue weighted by Crippen LogP contribution is 2.27. The van der Waals surface area contributed by atoms with E-state index in [1.165, 1.54) is 0 Å². The highest BCUT2D eigenvalue weighted by molar-refractivity contribution is 6.72. The van der Waals surface area contributed by atoms with Crippen LogP contribution in [0.2, 0.25) is 6.04 Å². The third-order valence-electron chi connectivity index (χ3n) is 2.13. The molecular formula is C12H20Cl2O2Si. The Hall–Kier alpha value is 0.00688. The lowest BCUT2D eigenvalue weighted by Gasteiger charge is -2.17. The van der Waals surface area contributed by atoms with Crippen LogP contribution in [0.3, 0.4) is 0 Å². The van der Waals surface area contributed by atoms with Crippen molar-refractivity contribution >= 4 is 38.7 Å². The van der Waals surface area contributed by atoms with Gasteiger partial charge in [-0.15, -0.1) is 23.2 Å². The number of hydrogen-bond acceptors (Lipinski definition) is 2. The van der Waals surface area contributed by atoms with Crippen molar-refractivity contribution in [2.45, 2.75) is 49.5 Å². The van der Waals surface area contributed by atoms with Crippen molar-refractivity contribution in [3.63, 3.8) is 0 Å². The molecule has 0 saturated heterocycles. The summed E-state index contributed by atoms with van der Waals surface area (Å²) in [5.41, 5.74) is 0.430. The lowest BCUT2D eigenvalue weighted by molar-refractivity contribution is -0.138. The summed E-state index contributed by atoms with van der Waals surface area (Å²) in [5.74, 6) is -0.331. The van der Waals surface area contributed by atoms with Gasteiger partial charge in [0, 0.05) is 5.57 Å². The first-order valence-corrected chi connectivity index (χ1v) is 7.81. The maximum atomic E-state index is 11.1. The van der Waals surface area contributed by atoms with Gasteiger partial charge in [-0.25, -0.2) is 4.79 Å². The molecule has 0 amide bonds. The molecule has 0 atom stereocenters. The first kappa shape index (κ1) is 17.0. The fourth-order valence-corrected chi connectivity index (χ4v) is 2.99. The number of carbonyl (C=O) groups is 1. The summed E-state index contributed by atoms with van der Waals surface area (Å²) in [6, 6.07) is 0.889. The summed E-state index contributed by atoms with van der Waals surface area (Å²) in [6.45, 7) is 7.68. The number of alkyl halides is 2. The number of esters is 1. The average molecular weight is 295 g/mol. The Morgan fingerprint density at radius 1 is 1.41 bits per heavy atom. The first-order valence-electron chi connectivity index (χ1n) is 5.84. The van der Waals surface area contributed by atoms with Crippen LogP contribution in [0.4, 0.5) is 0 Å². The Morgan fingerprint density at radius 3 is 2.59 bits per heavy atom. The van der Waals surface area contributed by atoms with E-state index in [0.29, 0.717) is 21.7 Å². The van der Waals surface area contributed by atoms with Crippen LogP contribution in [-0.2, 0) is 9.53 Å². The SMILES string of the molecule is C=C(C)C(=O)OCCC[Si]C(Cl)(Cl)CCCC. The van der Waals surface area contributed by atoms with Gasteiger partial charge in [0.05, 0.1) is 16.1 Å². The minimum Gasteiger partial charge on any atom is -0.462 e. The highest BCUT2D eigenvalue weighted by atomic mass is 35.5. The summed E-state index contributed by atoms with van der Waals surface area (Å²) < 4.78 is 4.38. The number of hydrogen-bond donors (Lipinski definition) is 0. The van der Waals surface area contributed by atoms with Gasteiger partial charge in [0.25, 0.3) is 0 Å². The number of unbranched alkanes of at least 4 members (excludes halogenated alkanes) is 1. The normalized spacial score (nSPS) is 11.3. The van der Waals surface area contributed by atoms with E-state index in [4.69, 9.17) is 27.9 Å². The van der Waals surface area contributed by atoms with Crippen molar-refractivity contribution in [3.8, 4) is 0 Å². The van der Waals surface area contributed by atoms with Crippen LogP contribution < -0.4 is 0 Å². The van der Waals surface area contributed by atoms with Gasteiger partial charge in [-0.1, -0.05) is 32.4 Å². The van der Waals surface area contributed by atoms with E-state index in [-0.39, 0.29) is 5.97 Å². The fraction of sp³-hybridized carbons (Fsp3) is 0.750. The number of carbonyl (C=O) groups excluding carboxylic acids is 1. The predicted octanol–water partition coefficient (Wildman–Crippen LogP) is 3.94. The zero-order chi connectivity index (χ0) is 13.3. The molecule has 98 valence electrons. The molecule has 0 aromatic heterocycles. The Morgan fingerprint density at radius 2 is 2.06 bits per heavy atom. The molecule has 0 N–H and O–H groups in total. The minimum absolute atomic E-state index is 0.331. The van der Waals surface area contributed by atoms with Gasteiger partial charge in [-0.2, -0.15) is 0 Å².